The highest BCUT2D eigenvalue weighted by atomic mass is 16.1. The molecule has 0 fully saturated rings. The number of rotatable bonds is 6. The summed E-state index contributed by atoms with van der Waals surface area (Å²) in [6, 6.07) is 16.0. The van der Waals surface area contributed by atoms with E-state index in [0.29, 0.717) is 18.9 Å². The van der Waals surface area contributed by atoms with E-state index in [4.69, 9.17) is 0 Å². The summed E-state index contributed by atoms with van der Waals surface area (Å²) >= 11 is 0. The van der Waals surface area contributed by atoms with Crippen LogP contribution in [0.4, 0.5) is 11.6 Å². The van der Waals surface area contributed by atoms with Gasteiger partial charge in [-0.3, -0.25) is 4.79 Å². The molecular weight excluding hydrogens is 312 g/mol. The van der Waals surface area contributed by atoms with E-state index < -0.39 is 0 Å². The van der Waals surface area contributed by atoms with Crippen LogP contribution in [0.15, 0.2) is 48.5 Å². The summed E-state index contributed by atoms with van der Waals surface area (Å²) in [7, 11) is 0. The molecule has 0 spiro atoms. The Bertz CT molecular complexity index is 872. The van der Waals surface area contributed by atoms with Crippen molar-refractivity contribution >= 4 is 28.3 Å². The van der Waals surface area contributed by atoms with Gasteiger partial charge < -0.3 is 10.6 Å². The second-order valence-electron chi connectivity index (χ2n) is 6.11. The number of anilines is 2. The third-order valence-corrected chi connectivity index (χ3v) is 3.88. The van der Waals surface area contributed by atoms with Crippen LogP contribution in [0.2, 0.25) is 0 Å². The summed E-state index contributed by atoms with van der Waals surface area (Å²) in [5, 5.41) is 8.40. The molecule has 0 bridgehead atoms. The average Bonchev–Trinajstić information content (AvgIpc) is 2.58. The van der Waals surface area contributed by atoms with Crippen LogP contribution in [0.1, 0.15) is 24.2 Å². The molecule has 0 aliphatic heterocycles. The van der Waals surface area contributed by atoms with Gasteiger partial charge in [0.05, 0.1) is 0 Å². The van der Waals surface area contributed by atoms with E-state index in [1.807, 2.05) is 56.3 Å². The van der Waals surface area contributed by atoms with E-state index in [1.165, 1.54) is 0 Å². The van der Waals surface area contributed by atoms with Crippen LogP contribution in [0, 0.1) is 13.8 Å². The summed E-state index contributed by atoms with van der Waals surface area (Å²) in [5.41, 5.74) is 2.70. The monoisotopic (exact) mass is 334 g/mol. The molecule has 0 atom stereocenters. The lowest BCUT2D eigenvalue weighted by molar-refractivity contribution is -0.116. The van der Waals surface area contributed by atoms with E-state index in [2.05, 4.69) is 26.7 Å². The standard InChI is InChI=1S/C20H22N4O/c1-14-12-15(2)23-20(22-14)21-11-5-8-19(25)24-18-10-9-16-6-3-4-7-17(16)13-18/h3-4,6-7,9-10,12-13H,5,8,11H2,1-2H3,(H,24,25)(H,21,22,23). The number of nitrogens with one attached hydrogen (secondary N) is 2. The summed E-state index contributed by atoms with van der Waals surface area (Å²) in [4.78, 5) is 20.7. The van der Waals surface area contributed by atoms with Gasteiger partial charge in [-0.25, -0.2) is 9.97 Å². The Morgan fingerprint density at radius 1 is 0.960 bits per heavy atom. The molecule has 0 unspecified atom stereocenters. The zero-order valence-electron chi connectivity index (χ0n) is 14.5. The number of carbonyl (C=O) groups excluding carboxylic acids is 1. The lowest BCUT2D eigenvalue weighted by Gasteiger charge is -2.08. The van der Waals surface area contributed by atoms with Gasteiger partial charge in [0.25, 0.3) is 0 Å². The average molecular weight is 334 g/mol. The molecule has 128 valence electrons. The second kappa shape index (κ2) is 7.75. The van der Waals surface area contributed by atoms with E-state index in [1.54, 1.807) is 0 Å². The van der Waals surface area contributed by atoms with Gasteiger partial charge in [-0.1, -0.05) is 30.3 Å². The minimum Gasteiger partial charge on any atom is -0.354 e. The molecule has 3 rings (SSSR count). The van der Waals surface area contributed by atoms with Gasteiger partial charge in [-0.05, 0) is 49.2 Å². The van der Waals surface area contributed by atoms with Crippen molar-refractivity contribution in [1.82, 2.24) is 9.97 Å². The maximum atomic E-state index is 12.1. The summed E-state index contributed by atoms with van der Waals surface area (Å²) in [6.07, 6.45) is 1.17. The first-order valence-electron chi connectivity index (χ1n) is 8.45. The Morgan fingerprint density at radius 2 is 1.68 bits per heavy atom. The molecule has 1 amide bonds. The highest BCUT2D eigenvalue weighted by molar-refractivity contribution is 5.94. The number of aryl methyl sites for hydroxylation is 2. The molecule has 0 aliphatic carbocycles. The number of fused-ring (bicyclic) bond motifs is 1. The van der Waals surface area contributed by atoms with Crippen LogP contribution >= 0.6 is 0 Å². The third-order valence-electron chi connectivity index (χ3n) is 3.88. The summed E-state index contributed by atoms with van der Waals surface area (Å²) in [6.45, 7) is 4.54. The van der Waals surface area contributed by atoms with Crippen LogP contribution in [0.25, 0.3) is 10.8 Å². The predicted molar refractivity (Wildman–Crippen MR) is 102 cm³/mol. The van der Waals surface area contributed by atoms with Gasteiger partial charge in [-0.15, -0.1) is 0 Å². The SMILES string of the molecule is Cc1cc(C)nc(NCCCC(=O)Nc2ccc3ccccc3c2)n1. The topological polar surface area (TPSA) is 66.9 Å². The number of aromatic nitrogens is 2. The van der Waals surface area contributed by atoms with Gasteiger partial charge in [0.2, 0.25) is 11.9 Å². The quantitative estimate of drug-likeness (QED) is 0.667. The Labute approximate surface area is 147 Å². The molecule has 5 heteroatoms. The molecule has 0 saturated heterocycles. The van der Waals surface area contributed by atoms with Gasteiger partial charge >= 0.3 is 0 Å². The van der Waals surface area contributed by atoms with Crippen molar-refractivity contribution in [2.45, 2.75) is 26.7 Å². The number of hydrogen-bond acceptors (Lipinski definition) is 4. The van der Waals surface area contributed by atoms with E-state index >= 15 is 0 Å². The molecular formula is C20H22N4O. The lowest BCUT2D eigenvalue weighted by atomic mass is 10.1. The van der Waals surface area contributed by atoms with Crippen LogP contribution in [-0.2, 0) is 4.79 Å². The van der Waals surface area contributed by atoms with Crippen molar-refractivity contribution in [1.29, 1.82) is 0 Å². The molecule has 0 saturated carbocycles. The molecule has 2 N–H and O–H groups in total. The van der Waals surface area contributed by atoms with Crippen molar-refractivity contribution in [3.8, 4) is 0 Å². The molecule has 0 aliphatic rings. The fourth-order valence-corrected chi connectivity index (χ4v) is 2.74. The van der Waals surface area contributed by atoms with E-state index in [0.717, 1.165) is 34.3 Å². The molecule has 2 aromatic carbocycles. The summed E-state index contributed by atoms with van der Waals surface area (Å²) < 4.78 is 0. The highest BCUT2D eigenvalue weighted by Gasteiger charge is 2.04. The van der Waals surface area contributed by atoms with Gasteiger partial charge in [0, 0.05) is 30.0 Å². The first-order valence-corrected chi connectivity index (χ1v) is 8.45. The molecule has 25 heavy (non-hydrogen) atoms. The molecule has 0 radical (unpaired) electrons. The van der Waals surface area contributed by atoms with Gasteiger partial charge in [-0.2, -0.15) is 0 Å². The zero-order chi connectivity index (χ0) is 17.6. The van der Waals surface area contributed by atoms with Crippen molar-refractivity contribution in [3.63, 3.8) is 0 Å². The highest BCUT2D eigenvalue weighted by Crippen LogP contribution is 2.19. The maximum Gasteiger partial charge on any atom is 0.224 e. The first kappa shape index (κ1) is 16.9. The van der Waals surface area contributed by atoms with Crippen molar-refractivity contribution in [2.75, 3.05) is 17.2 Å². The Hall–Kier alpha value is -2.95. The van der Waals surface area contributed by atoms with Gasteiger partial charge in [0.1, 0.15) is 0 Å². The summed E-state index contributed by atoms with van der Waals surface area (Å²) in [5.74, 6) is 0.630. The fourth-order valence-electron chi connectivity index (χ4n) is 2.74. The molecule has 5 nitrogen and oxygen atoms in total. The Morgan fingerprint density at radius 3 is 2.44 bits per heavy atom. The third kappa shape index (κ3) is 4.76. The number of nitrogens with zero attached hydrogens (tertiary/aromatic N) is 2. The van der Waals surface area contributed by atoms with E-state index in [-0.39, 0.29) is 5.91 Å². The Balaban J connectivity index is 1.47. The normalized spacial score (nSPS) is 10.6. The zero-order valence-corrected chi connectivity index (χ0v) is 14.5. The molecule has 1 heterocycles. The predicted octanol–water partition coefficient (Wildman–Crippen LogP) is 4.08. The largest absolute Gasteiger partial charge is 0.354 e. The number of carbonyl (C=O) groups is 1. The minimum atomic E-state index is 0.0124. The molecule has 1 aromatic heterocycles. The second-order valence-corrected chi connectivity index (χ2v) is 6.11. The van der Waals surface area contributed by atoms with Crippen molar-refractivity contribution in [2.24, 2.45) is 0 Å². The number of benzene rings is 2. The van der Waals surface area contributed by atoms with Gasteiger partial charge in [0.15, 0.2) is 0 Å². The van der Waals surface area contributed by atoms with Crippen molar-refractivity contribution < 1.29 is 4.79 Å². The first-order chi connectivity index (χ1) is 12.1. The van der Waals surface area contributed by atoms with Crippen LogP contribution in [0.3, 0.4) is 0 Å². The molecule has 3 aromatic rings. The lowest BCUT2D eigenvalue weighted by Crippen LogP contribution is -2.14. The number of hydrogen-bond donors (Lipinski definition) is 2. The fraction of sp³-hybridized carbons (Fsp3) is 0.250. The minimum absolute atomic E-state index is 0.0124. The smallest absolute Gasteiger partial charge is 0.224 e. The van der Waals surface area contributed by atoms with E-state index in [9.17, 15) is 4.79 Å². The van der Waals surface area contributed by atoms with Crippen LogP contribution in [0.5, 0.6) is 0 Å². The maximum absolute atomic E-state index is 12.1. The van der Waals surface area contributed by atoms with Crippen LogP contribution in [-0.4, -0.2) is 22.4 Å². The Kier molecular flexibility index (Phi) is 5.23. The van der Waals surface area contributed by atoms with Crippen LogP contribution < -0.4 is 10.6 Å². The number of amides is 1. The van der Waals surface area contributed by atoms with Crippen molar-refractivity contribution in [3.05, 3.63) is 59.9 Å².